The van der Waals surface area contributed by atoms with Gasteiger partial charge in [0, 0.05) is 8.95 Å². The lowest BCUT2D eigenvalue weighted by Crippen LogP contribution is -2.32. The van der Waals surface area contributed by atoms with Gasteiger partial charge in [0.2, 0.25) is 0 Å². The molecule has 3 nitrogen and oxygen atoms in total. The summed E-state index contributed by atoms with van der Waals surface area (Å²) in [6.07, 6.45) is 5.18. The zero-order valence-electron chi connectivity index (χ0n) is 16.9. The Morgan fingerprint density at radius 1 is 0.621 bits per heavy atom. The smallest absolute Gasteiger partial charge is 0.0664 e. The van der Waals surface area contributed by atoms with E-state index < -0.39 is 0 Å². The molecule has 2 saturated heterocycles. The second-order valence-electron chi connectivity index (χ2n) is 8.16. The summed E-state index contributed by atoms with van der Waals surface area (Å²) in [5, 5.41) is 0. The van der Waals surface area contributed by atoms with Gasteiger partial charge >= 0.3 is 0 Å². The second-order valence-corrected chi connectivity index (χ2v) is 9.99. The molecule has 0 radical (unpaired) electrons. The van der Waals surface area contributed by atoms with Gasteiger partial charge < -0.3 is 4.74 Å². The molecule has 0 aromatic heterocycles. The molecule has 2 heterocycles. The minimum atomic E-state index is 0.342. The SMILES string of the molecule is Brc1ccc(C(COCC(c2ccc(Br)cc2)N2CCCC2)N2CCCC2)cc1. The van der Waals surface area contributed by atoms with Gasteiger partial charge in [0.15, 0.2) is 0 Å². The van der Waals surface area contributed by atoms with Crippen LogP contribution in [-0.2, 0) is 4.74 Å². The minimum absolute atomic E-state index is 0.342. The summed E-state index contributed by atoms with van der Waals surface area (Å²) in [7, 11) is 0. The van der Waals surface area contributed by atoms with Crippen LogP contribution < -0.4 is 0 Å². The van der Waals surface area contributed by atoms with Crippen molar-refractivity contribution >= 4 is 31.9 Å². The average Bonchev–Trinajstić information content (AvgIpc) is 3.44. The summed E-state index contributed by atoms with van der Waals surface area (Å²) < 4.78 is 8.71. The van der Waals surface area contributed by atoms with E-state index in [4.69, 9.17) is 4.74 Å². The van der Waals surface area contributed by atoms with Gasteiger partial charge in [-0.25, -0.2) is 0 Å². The fourth-order valence-electron chi connectivity index (χ4n) is 4.59. The fourth-order valence-corrected chi connectivity index (χ4v) is 5.12. The van der Waals surface area contributed by atoms with E-state index in [2.05, 4.69) is 90.2 Å². The van der Waals surface area contributed by atoms with Crippen LogP contribution in [-0.4, -0.2) is 49.2 Å². The number of likely N-dealkylation sites (tertiary alicyclic amines) is 2. The third-order valence-electron chi connectivity index (χ3n) is 6.22. The maximum absolute atomic E-state index is 6.45. The van der Waals surface area contributed by atoms with Crippen molar-refractivity contribution in [3.05, 3.63) is 68.6 Å². The molecule has 2 unspecified atom stereocenters. The molecule has 4 rings (SSSR count). The molecule has 5 heteroatoms. The highest BCUT2D eigenvalue weighted by Crippen LogP contribution is 2.30. The second kappa shape index (κ2) is 10.5. The van der Waals surface area contributed by atoms with E-state index in [0.717, 1.165) is 22.2 Å². The van der Waals surface area contributed by atoms with Crippen molar-refractivity contribution in [2.24, 2.45) is 0 Å². The molecule has 0 saturated carbocycles. The molecule has 29 heavy (non-hydrogen) atoms. The van der Waals surface area contributed by atoms with Gasteiger partial charge in [-0.15, -0.1) is 0 Å². The van der Waals surface area contributed by atoms with Crippen LogP contribution in [0, 0.1) is 0 Å². The van der Waals surface area contributed by atoms with Crippen molar-refractivity contribution in [1.29, 1.82) is 0 Å². The van der Waals surface area contributed by atoms with Crippen LogP contribution in [0.15, 0.2) is 57.5 Å². The zero-order chi connectivity index (χ0) is 20.1. The first kappa shape index (κ1) is 21.5. The number of hydrogen-bond acceptors (Lipinski definition) is 3. The van der Waals surface area contributed by atoms with E-state index in [0.29, 0.717) is 12.1 Å². The summed E-state index contributed by atoms with van der Waals surface area (Å²) in [6.45, 7) is 6.20. The number of ether oxygens (including phenoxy) is 1. The van der Waals surface area contributed by atoms with Gasteiger partial charge in [0.25, 0.3) is 0 Å². The maximum Gasteiger partial charge on any atom is 0.0664 e. The molecule has 0 aliphatic carbocycles. The Hall–Kier alpha value is -0.720. The summed E-state index contributed by atoms with van der Waals surface area (Å²) >= 11 is 7.13. The van der Waals surface area contributed by atoms with Crippen molar-refractivity contribution in [3.63, 3.8) is 0 Å². The first-order chi connectivity index (χ1) is 14.2. The maximum atomic E-state index is 6.45. The standard InChI is InChI=1S/C24H30Br2N2O/c25-21-9-5-19(6-10-21)23(27-13-1-2-14-27)17-29-18-24(28-15-3-4-16-28)20-7-11-22(26)12-8-20/h5-12,23-24H,1-4,13-18H2. The number of hydrogen-bond donors (Lipinski definition) is 0. The lowest BCUT2D eigenvalue weighted by molar-refractivity contribution is 0.0313. The summed E-state index contributed by atoms with van der Waals surface area (Å²) in [5.74, 6) is 0. The van der Waals surface area contributed by atoms with E-state index >= 15 is 0 Å². The van der Waals surface area contributed by atoms with Crippen molar-refractivity contribution < 1.29 is 4.74 Å². The minimum Gasteiger partial charge on any atom is -0.377 e. The van der Waals surface area contributed by atoms with Gasteiger partial charge in [-0.2, -0.15) is 0 Å². The van der Waals surface area contributed by atoms with E-state index in [1.807, 2.05) is 0 Å². The predicted molar refractivity (Wildman–Crippen MR) is 126 cm³/mol. The van der Waals surface area contributed by atoms with Crippen molar-refractivity contribution in [2.75, 3.05) is 39.4 Å². The summed E-state index contributed by atoms with van der Waals surface area (Å²) in [4.78, 5) is 5.18. The molecule has 2 aromatic carbocycles. The number of benzene rings is 2. The normalized spacial score (nSPS) is 20.2. The Morgan fingerprint density at radius 2 is 0.966 bits per heavy atom. The molecule has 2 aliphatic rings. The molecule has 2 aliphatic heterocycles. The molecule has 0 bridgehead atoms. The highest BCUT2D eigenvalue weighted by atomic mass is 79.9. The first-order valence-corrected chi connectivity index (χ1v) is 12.4. The van der Waals surface area contributed by atoms with Crippen LogP contribution in [0.2, 0.25) is 0 Å². The Morgan fingerprint density at radius 3 is 1.31 bits per heavy atom. The monoisotopic (exact) mass is 520 g/mol. The van der Waals surface area contributed by atoms with Crippen LogP contribution in [0.5, 0.6) is 0 Å². The lowest BCUT2D eigenvalue weighted by atomic mass is 10.1. The molecule has 2 fully saturated rings. The van der Waals surface area contributed by atoms with E-state index in [1.54, 1.807) is 0 Å². The van der Waals surface area contributed by atoms with Gasteiger partial charge in [0.05, 0.1) is 25.3 Å². The Balaban J connectivity index is 1.44. The molecule has 0 N–H and O–H groups in total. The molecule has 2 aromatic rings. The molecular formula is C24H30Br2N2O. The van der Waals surface area contributed by atoms with E-state index in [1.165, 1.54) is 63.0 Å². The number of rotatable bonds is 8. The molecule has 0 spiro atoms. The highest BCUT2D eigenvalue weighted by molar-refractivity contribution is 9.10. The largest absolute Gasteiger partial charge is 0.377 e. The van der Waals surface area contributed by atoms with Crippen LogP contribution >= 0.6 is 31.9 Å². The average molecular weight is 522 g/mol. The zero-order valence-corrected chi connectivity index (χ0v) is 20.1. The Kier molecular flexibility index (Phi) is 7.82. The van der Waals surface area contributed by atoms with Gasteiger partial charge in [-0.05, 0) is 87.3 Å². The summed E-state index contributed by atoms with van der Waals surface area (Å²) in [6, 6.07) is 18.2. The van der Waals surface area contributed by atoms with Crippen LogP contribution in [0.3, 0.4) is 0 Å². The van der Waals surface area contributed by atoms with Crippen molar-refractivity contribution in [3.8, 4) is 0 Å². The third kappa shape index (κ3) is 5.71. The number of nitrogens with zero attached hydrogens (tertiary/aromatic N) is 2. The van der Waals surface area contributed by atoms with Gasteiger partial charge in [0.1, 0.15) is 0 Å². The topological polar surface area (TPSA) is 15.7 Å². The molecule has 0 amide bonds. The molecular weight excluding hydrogens is 492 g/mol. The van der Waals surface area contributed by atoms with Crippen LogP contribution in [0.25, 0.3) is 0 Å². The van der Waals surface area contributed by atoms with Crippen molar-refractivity contribution in [2.45, 2.75) is 37.8 Å². The van der Waals surface area contributed by atoms with Crippen molar-refractivity contribution in [1.82, 2.24) is 9.80 Å². The van der Waals surface area contributed by atoms with Gasteiger partial charge in [-0.1, -0.05) is 56.1 Å². The quantitative estimate of drug-likeness (QED) is 0.411. The highest BCUT2D eigenvalue weighted by Gasteiger charge is 2.27. The van der Waals surface area contributed by atoms with Crippen LogP contribution in [0.4, 0.5) is 0 Å². The predicted octanol–water partition coefficient (Wildman–Crippen LogP) is 6.20. The third-order valence-corrected chi connectivity index (χ3v) is 7.28. The van der Waals surface area contributed by atoms with Gasteiger partial charge in [-0.3, -0.25) is 9.80 Å². The molecule has 2 atom stereocenters. The molecule has 156 valence electrons. The van der Waals surface area contributed by atoms with E-state index in [9.17, 15) is 0 Å². The first-order valence-electron chi connectivity index (χ1n) is 10.8. The van der Waals surface area contributed by atoms with Crippen LogP contribution in [0.1, 0.15) is 48.9 Å². The Labute approximate surface area is 191 Å². The number of halogens is 2. The lowest BCUT2D eigenvalue weighted by Gasteiger charge is -2.31. The Bertz CT molecular complexity index is 688. The van der Waals surface area contributed by atoms with E-state index in [-0.39, 0.29) is 0 Å². The fraction of sp³-hybridized carbons (Fsp3) is 0.500. The summed E-state index contributed by atoms with van der Waals surface area (Å²) in [5.41, 5.74) is 2.72.